The van der Waals surface area contributed by atoms with Crippen molar-refractivity contribution in [3.63, 3.8) is 0 Å². The summed E-state index contributed by atoms with van der Waals surface area (Å²) < 4.78 is 21.5. The van der Waals surface area contributed by atoms with Crippen LogP contribution in [0.15, 0.2) is 40.9 Å². The quantitative estimate of drug-likeness (QED) is 0.492. The molecule has 0 saturated carbocycles. The number of aryl methyl sites for hydroxylation is 2. The number of pyridine rings is 1. The molecule has 3 rings (SSSR count). The first-order valence-electron chi connectivity index (χ1n) is 9.25. The standard InChI is InChI=1S/C23H23BrFNO3/c1-12-6-8-16-18(10-12)26-13(2)19(21(22(27)28)29-23(3,4)5)20(16)15-9-7-14(24)11-17(15)25/h6-11,21H,1-5H3,(H,27,28)/t21-/m0/s1. The summed E-state index contributed by atoms with van der Waals surface area (Å²) in [7, 11) is 0. The van der Waals surface area contributed by atoms with E-state index in [1.54, 1.807) is 39.8 Å². The van der Waals surface area contributed by atoms with E-state index in [-0.39, 0.29) is 0 Å². The number of aliphatic carboxylic acids is 1. The average Bonchev–Trinajstić information content (AvgIpc) is 2.58. The molecule has 0 bridgehead atoms. The lowest BCUT2D eigenvalue weighted by atomic mass is 9.90. The van der Waals surface area contributed by atoms with Crippen molar-refractivity contribution in [2.24, 2.45) is 0 Å². The average molecular weight is 460 g/mol. The molecule has 29 heavy (non-hydrogen) atoms. The van der Waals surface area contributed by atoms with Crippen LogP contribution in [0.2, 0.25) is 0 Å². The fourth-order valence-electron chi connectivity index (χ4n) is 3.40. The fourth-order valence-corrected chi connectivity index (χ4v) is 3.74. The SMILES string of the molecule is Cc1ccc2c(-c3ccc(Br)cc3F)c([C@H](OC(C)(C)C)C(=O)O)c(C)nc2c1. The second kappa shape index (κ2) is 7.84. The molecular formula is C23H23BrFNO3. The summed E-state index contributed by atoms with van der Waals surface area (Å²) >= 11 is 3.28. The Morgan fingerprint density at radius 2 is 1.86 bits per heavy atom. The Labute approximate surface area is 177 Å². The number of benzene rings is 2. The van der Waals surface area contributed by atoms with Gasteiger partial charge in [0.05, 0.1) is 11.1 Å². The van der Waals surface area contributed by atoms with E-state index in [4.69, 9.17) is 4.74 Å². The maximum absolute atomic E-state index is 15.0. The molecule has 0 aliphatic rings. The second-order valence-electron chi connectivity index (χ2n) is 8.08. The molecule has 1 atom stereocenters. The third-order valence-electron chi connectivity index (χ3n) is 4.53. The highest BCUT2D eigenvalue weighted by molar-refractivity contribution is 9.10. The van der Waals surface area contributed by atoms with Crippen molar-refractivity contribution in [2.75, 3.05) is 0 Å². The minimum Gasteiger partial charge on any atom is -0.479 e. The van der Waals surface area contributed by atoms with Gasteiger partial charge in [0.1, 0.15) is 5.82 Å². The molecule has 1 N–H and O–H groups in total. The number of halogens is 2. The van der Waals surface area contributed by atoms with Crippen LogP contribution in [-0.4, -0.2) is 21.7 Å². The highest BCUT2D eigenvalue weighted by atomic mass is 79.9. The topological polar surface area (TPSA) is 59.4 Å². The lowest BCUT2D eigenvalue weighted by molar-refractivity contribution is -0.160. The molecule has 152 valence electrons. The zero-order valence-electron chi connectivity index (χ0n) is 17.0. The maximum Gasteiger partial charge on any atom is 0.337 e. The van der Waals surface area contributed by atoms with Crippen LogP contribution in [0.3, 0.4) is 0 Å². The van der Waals surface area contributed by atoms with E-state index in [9.17, 15) is 9.90 Å². The minimum atomic E-state index is -1.29. The van der Waals surface area contributed by atoms with Gasteiger partial charge in [0, 0.05) is 32.2 Å². The van der Waals surface area contributed by atoms with Crippen molar-refractivity contribution < 1.29 is 19.0 Å². The molecule has 0 aliphatic heterocycles. The number of hydrogen-bond acceptors (Lipinski definition) is 3. The van der Waals surface area contributed by atoms with E-state index < -0.39 is 23.5 Å². The summed E-state index contributed by atoms with van der Waals surface area (Å²) in [6.45, 7) is 9.05. The molecule has 0 fully saturated rings. The molecule has 3 aromatic rings. The van der Waals surface area contributed by atoms with Gasteiger partial charge in [-0.25, -0.2) is 9.18 Å². The Kier molecular flexibility index (Phi) is 5.79. The van der Waals surface area contributed by atoms with Crippen LogP contribution in [0, 0.1) is 19.7 Å². The van der Waals surface area contributed by atoms with E-state index in [1.807, 2.05) is 25.1 Å². The van der Waals surface area contributed by atoms with E-state index in [0.717, 1.165) is 5.56 Å². The van der Waals surface area contributed by atoms with Crippen LogP contribution in [0.5, 0.6) is 0 Å². The molecule has 0 aliphatic carbocycles. The largest absolute Gasteiger partial charge is 0.479 e. The van der Waals surface area contributed by atoms with E-state index in [2.05, 4.69) is 20.9 Å². The van der Waals surface area contributed by atoms with Gasteiger partial charge >= 0.3 is 5.97 Å². The minimum absolute atomic E-state index is 0.311. The summed E-state index contributed by atoms with van der Waals surface area (Å²) in [4.78, 5) is 16.8. The van der Waals surface area contributed by atoms with E-state index in [1.165, 1.54) is 6.07 Å². The first-order valence-corrected chi connectivity index (χ1v) is 10.0. The molecule has 1 heterocycles. The third kappa shape index (κ3) is 4.49. The Bertz CT molecular complexity index is 1110. The summed E-state index contributed by atoms with van der Waals surface area (Å²) in [6.07, 6.45) is -1.29. The lowest BCUT2D eigenvalue weighted by Gasteiger charge is -2.28. The number of aromatic nitrogens is 1. The van der Waals surface area contributed by atoms with Crippen LogP contribution >= 0.6 is 15.9 Å². The number of fused-ring (bicyclic) bond motifs is 1. The molecular weight excluding hydrogens is 437 g/mol. The van der Waals surface area contributed by atoms with Crippen LogP contribution < -0.4 is 0 Å². The molecule has 0 amide bonds. The molecule has 6 heteroatoms. The molecule has 0 radical (unpaired) electrons. The predicted molar refractivity (Wildman–Crippen MR) is 116 cm³/mol. The van der Waals surface area contributed by atoms with Gasteiger partial charge in [0.25, 0.3) is 0 Å². The summed E-state index contributed by atoms with van der Waals surface area (Å²) in [5, 5.41) is 10.6. The Hall–Kier alpha value is -2.31. The highest BCUT2D eigenvalue weighted by Gasteiger charge is 2.32. The first-order chi connectivity index (χ1) is 13.5. The normalized spacial score (nSPS) is 12.9. The number of carbonyl (C=O) groups is 1. The molecule has 0 spiro atoms. The fraction of sp³-hybridized carbons (Fsp3) is 0.304. The Balaban J connectivity index is 2.44. The van der Waals surface area contributed by atoms with Crippen LogP contribution in [0.25, 0.3) is 22.0 Å². The van der Waals surface area contributed by atoms with Gasteiger partial charge in [0.2, 0.25) is 0 Å². The number of carboxylic acids is 1. The highest BCUT2D eigenvalue weighted by Crippen LogP contribution is 2.40. The van der Waals surface area contributed by atoms with Crippen molar-refractivity contribution >= 4 is 32.8 Å². The summed E-state index contributed by atoms with van der Waals surface area (Å²) in [6, 6.07) is 10.4. The van der Waals surface area contributed by atoms with Gasteiger partial charge in [-0.2, -0.15) is 0 Å². The van der Waals surface area contributed by atoms with Crippen LogP contribution in [-0.2, 0) is 9.53 Å². The van der Waals surface area contributed by atoms with Gasteiger partial charge in [-0.3, -0.25) is 4.98 Å². The van der Waals surface area contributed by atoms with Gasteiger partial charge in [0.15, 0.2) is 6.10 Å². The molecule has 0 saturated heterocycles. The van der Waals surface area contributed by atoms with Crippen molar-refractivity contribution in [1.82, 2.24) is 4.98 Å². The Morgan fingerprint density at radius 3 is 2.45 bits per heavy atom. The van der Waals surface area contributed by atoms with Crippen molar-refractivity contribution in [3.05, 3.63) is 63.5 Å². The predicted octanol–water partition coefficient (Wildman–Crippen LogP) is 6.36. The molecule has 0 unspecified atom stereocenters. The number of rotatable bonds is 4. The van der Waals surface area contributed by atoms with Crippen LogP contribution in [0.4, 0.5) is 4.39 Å². The van der Waals surface area contributed by atoms with Gasteiger partial charge in [-0.05, 0) is 58.4 Å². The second-order valence-corrected chi connectivity index (χ2v) is 8.99. The summed E-state index contributed by atoms with van der Waals surface area (Å²) in [5.74, 6) is -1.59. The third-order valence-corrected chi connectivity index (χ3v) is 5.02. The zero-order valence-corrected chi connectivity index (χ0v) is 18.6. The van der Waals surface area contributed by atoms with Crippen molar-refractivity contribution in [1.29, 1.82) is 0 Å². The van der Waals surface area contributed by atoms with Crippen LogP contribution in [0.1, 0.15) is 43.7 Å². The van der Waals surface area contributed by atoms with E-state index in [0.29, 0.717) is 37.8 Å². The van der Waals surface area contributed by atoms with Crippen molar-refractivity contribution in [2.45, 2.75) is 46.3 Å². The number of carboxylic acid groups (broad SMARTS) is 1. The monoisotopic (exact) mass is 459 g/mol. The van der Waals surface area contributed by atoms with Gasteiger partial charge < -0.3 is 9.84 Å². The molecule has 4 nitrogen and oxygen atoms in total. The Morgan fingerprint density at radius 1 is 1.17 bits per heavy atom. The lowest BCUT2D eigenvalue weighted by Crippen LogP contribution is -2.28. The van der Waals surface area contributed by atoms with Crippen molar-refractivity contribution in [3.8, 4) is 11.1 Å². The maximum atomic E-state index is 15.0. The molecule has 2 aromatic carbocycles. The van der Waals surface area contributed by atoms with Gasteiger partial charge in [-0.15, -0.1) is 0 Å². The zero-order chi connectivity index (χ0) is 21.5. The number of nitrogens with zero attached hydrogens (tertiary/aromatic N) is 1. The summed E-state index contributed by atoms with van der Waals surface area (Å²) in [5.41, 5.74) is 2.65. The van der Waals surface area contributed by atoms with E-state index >= 15 is 4.39 Å². The number of hydrogen-bond donors (Lipinski definition) is 1. The smallest absolute Gasteiger partial charge is 0.337 e. The number of ether oxygens (including phenoxy) is 1. The molecule has 1 aromatic heterocycles. The first kappa shape index (κ1) is 21.4. The van der Waals surface area contributed by atoms with Gasteiger partial charge in [-0.1, -0.05) is 34.1 Å².